The van der Waals surface area contributed by atoms with Crippen LogP contribution < -0.4 is 4.72 Å². The summed E-state index contributed by atoms with van der Waals surface area (Å²) in [6.07, 6.45) is 5.93. The molecule has 0 aromatic heterocycles. The highest BCUT2D eigenvalue weighted by atomic mass is 32.2. The van der Waals surface area contributed by atoms with E-state index in [4.69, 9.17) is 6.42 Å². The van der Waals surface area contributed by atoms with Crippen LogP contribution in [0.3, 0.4) is 0 Å². The van der Waals surface area contributed by atoms with E-state index in [2.05, 4.69) is 31.4 Å². The van der Waals surface area contributed by atoms with Crippen molar-refractivity contribution in [1.82, 2.24) is 4.72 Å². The van der Waals surface area contributed by atoms with Gasteiger partial charge in [0.2, 0.25) is 0 Å². The summed E-state index contributed by atoms with van der Waals surface area (Å²) in [6, 6.07) is -0.0841. The van der Waals surface area contributed by atoms with Crippen molar-refractivity contribution < 1.29 is 5.11 Å². The van der Waals surface area contributed by atoms with E-state index < -0.39 is 5.60 Å². The standard InChI is InChI=1S/C11H21NOS/c1-7-9(8-11(5,6)13)12-14-10(2,3)4/h1,9,12-13H,8H2,2-6H3. The summed E-state index contributed by atoms with van der Waals surface area (Å²) in [5.41, 5.74) is -0.720. The third-order valence-corrected chi connectivity index (χ3v) is 2.43. The van der Waals surface area contributed by atoms with Gasteiger partial charge < -0.3 is 5.11 Å². The summed E-state index contributed by atoms with van der Waals surface area (Å²) >= 11 is 1.60. The minimum Gasteiger partial charge on any atom is -0.390 e. The van der Waals surface area contributed by atoms with Gasteiger partial charge in [0.1, 0.15) is 0 Å². The average molecular weight is 215 g/mol. The lowest BCUT2D eigenvalue weighted by Gasteiger charge is -2.25. The fourth-order valence-electron chi connectivity index (χ4n) is 0.882. The van der Waals surface area contributed by atoms with Gasteiger partial charge in [-0.15, -0.1) is 6.42 Å². The zero-order chi connectivity index (χ0) is 11.4. The molecule has 0 aromatic carbocycles. The molecular weight excluding hydrogens is 194 g/mol. The van der Waals surface area contributed by atoms with Crippen LogP contribution in [0.25, 0.3) is 0 Å². The fourth-order valence-corrected chi connectivity index (χ4v) is 1.53. The third kappa shape index (κ3) is 8.43. The number of terminal acetylenes is 1. The van der Waals surface area contributed by atoms with Gasteiger partial charge >= 0.3 is 0 Å². The van der Waals surface area contributed by atoms with Crippen LogP contribution >= 0.6 is 11.9 Å². The molecule has 1 unspecified atom stereocenters. The normalized spacial score (nSPS) is 14.9. The average Bonchev–Trinajstić information content (AvgIpc) is 1.94. The van der Waals surface area contributed by atoms with E-state index in [-0.39, 0.29) is 10.8 Å². The molecule has 1 atom stereocenters. The molecule has 0 aromatic rings. The predicted octanol–water partition coefficient (Wildman–Crippen LogP) is 2.19. The smallest absolute Gasteiger partial charge is 0.0806 e. The first kappa shape index (κ1) is 13.8. The lowest BCUT2D eigenvalue weighted by molar-refractivity contribution is 0.0675. The van der Waals surface area contributed by atoms with Gasteiger partial charge in [-0.3, -0.25) is 0 Å². The molecule has 0 heterocycles. The van der Waals surface area contributed by atoms with E-state index in [1.165, 1.54) is 0 Å². The van der Waals surface area contributed by atoms with Gasteiger partial charge in [0.25, 0.3) is 0 Å². The van der Waals surface area contributed by atoms with E-state index in [9.17, 15) is 5.11 Å². The van der Waals surface area contributed by atoms with Crippen molar-refractivity contribution in [2.75, 3.05) is 0 Å². The number of aliphatic hydroxyl groups is 1. The Morgan fingerprint density at radius 2 is 1.86 bits per heavy atom. The molecule has 0 rings (SSSR count). The highest BCUT2D eigenvalue weighted by molar-refractivity contribution is 7.98. The van der Waals surface area contributed by atoms with Gasteiger partial charge in [-0.1, -0.05) is 17.9 Å². The number of hydrogen-bond acceptors (Lipinski definition) is 3. The van der Waals surface area contributed by atoms with Gasteiger partial charge in [-0.05, 0) is 34.6 Å². The first-order valence-corrected chi connectivity index (χ1v) is 5.58. The maximum Gasteiger partial charge on any atom is 0.0806 e. The molecule has 0 aliphatic rings. The van der Waals surface area contributed by atoms with Crippen LogP contribution in [0.2, 0.25) is 0 Å². The molecule has 0 amide bonds. The lowest BCUT2D eigenvalue weighted by Crippen LogP contribution is -2.34. The fraction of sp³-hybridized carbons (Fsp3) is 0.818. The van der Waals surface area contributed by atoms with Crippen LogP contribution in [0.1, 0.15) is 41.0 Å². The zero-order valence-electron chi connectivity index (χ0n) is 9.72. The van der Waals surface area contributed by atoms with Crippen molar-refractivity contribution in [3.05, 3.63) is 0 Å². The van der Waals surface area contributed by atoms with Gasteiger partial charge in [0, 0.05) is 11.2 Å². The monoisotopic (exact) mass is 215 g/mol. The molecular formula is C11H21NOS. The van der Waals surface area contributed by atoms with Gasteiger partial charge in [0.05, 0.1) is 11.6 Å². The molecule has 0 radical (unpaired) electrons. The maximum absolute atomic E-state index is 9.60. The Morgan fingerprint density at radius 1 is 1.36 bits per heavy atom. The van der Waals surface area contributed by atoms with Crippen LogP contribution in [-0.4, -0.2) is 21.5 Å². The van der Waals surface area contributed by atoms with Crippen molar-refractivity contribution in [3.8, 4) is 12.3 Å². The quantitative estimate of drug-likeness (QED) is 0.557. The summed E-state index contributed by atoms with van der Waals surface area (Å²) in [5, 5.41) is 9.60. The van der Waals surface area contributed by atoms with Crippen molar-refractivity contribution in [2.45, 2.75) is 57.4 Å². The van der Waals surface area contributed by atoms with Crippen molar-refractivity contribution in [1.29, 1.82) is 0 Å². The third-order valence-electron chi connectivity index (χ3n) is 1.41. The summed E-state index contributed by atoms with van der Waals surface area (Å²) in [4.78, 5) is 0. The molecule has 0 bridgehead atoms. The summed E-state index contributed by atoms with van der Waals surface area (Å²) in [5.74, 6) is 2.64. The topological polar surface area (TPSA) is 32.3 Å². The lowest BCUT2D eigenvalue weighted by atomic mass is 10.0. The molecule has 14 heavy (non-hydrogen) atoms. The predicted molar refractivity (Wildman–Crippen MR) is 64.0 cm³/mol. The molecule has 0 aliphatic heterocycles. The van der Waals surface area contributed by atoms with Gasteiger partial charge in [-0.2, -0.15) is 0 Å². The Labute approximate surface area is 92.0 Å². The Hall–Kier alpha value is -0.170. The molecule has 0 aliphatic carbocycles. The van der Waals surface area contributed by atoms with Crippen molar-refractivity contribution in [3.63, 3.8) is 0 Å². The van der Waals surface area contributed by atoms with Crippen molar-refractivity contribution in [2.24, 2.45) is 0 Å². The SMILES string of the molecule is C#CC(CC(C)(C)O)NSC(C)(C)C. The molecule has 0 fully saturated rings. The molecule has 3 heteroatoms. The second-order valence-electron chi connectivity index (χ2n) is 5.07. The molecule has 0 spiro atoms. The van der Waals surface area contributed by atoms with E-state index in [1.807, 2.05) is 0 Å². The first-order valence-electron chi connectivity index (χ1n) is 4.76. The maximum atomic E-state index is 9.60. The number of rotatable bonds is 4. The highest BCUT2D eigenvalue weighted by Gasteiger charge is 2.20. The highest BCUT2D eigenvalue weighted by Crippen LogP contribution is 2.21. The number of nitrogens with one attached hydrogen (secondary N) is 1. The number of hydrogen-bond donors (Lipinski definition) is 2. The zero-order valence-corrected chi connectivity index (χ0v) is 10.5. The molecule has 2 N–H and O–H groups in total. The Kier molecular flexibility index (Phi) is 5.00. The minimum absolute atomic E-state index is 0.0841. The summed E-state index contributed by atoms with van der Waals surface area (Å²) < 4.78 is 3.32. The van der Waals surface area contributed by atoms with E-state index in [0.29, 0.717) is 6.42 Å². The van der Waals surface area contributed by atoms with Crippen molar-refractivity contribution >= 4 is 11.9 Å². The largest absolute Gasteiger partial charge is 0.390 e. The van der Waals surface area contributed by atoms with Gasteiger partial charge in [-0.25, -0.2) is 4.72 Å². The summed E-state index contributed by atoms with van der Waals surface area (Å²) in [6.45, 7) is 9.87. The molecule has 0 saturated carbocycles. The Balaban J connectivity index is 4.01. The summed E-state index contributed by atoms with van der Waals surface area (Å²) in [7, 11) is 0. The van der Waals surface area contributed by atoms with Crippen LogP contribution in [0.5, 0.6) is 0 Å². The van der Waals surface area contributed by atoms with Crippen LogP contribution in [-0.2, 0) is 0 Å². The van der Waals surface area contributed by atoms with Crippen LogP contribution in [0.15, 0.2) is 0 Å². The Bertz CT molecular complexity index is 207. The van der Waals surface area contributed by atoms with Crippen LogP contribution in [0.4, 0.5) is 0 Å². The molecule has 82 valence electrons. The van der Waals surface area contributed by atoms with E-state index in [1.54, 1.807) is 25.8 Å². The second kappa shape index (κ2) is 5.06. The van der Waals surface area contributed by atoms with Gasteiger partial charge in [0.15, 0.2) is 0 Å². The van der Waals surface area contributed by atoms with Crippen LogP contribution in [0, 0.1) is 12.3 Å². The second-order valence-corrected chi connectivity index (χ2v) is 6.73. The minimum atomic E-state index is -0.720. The van der Waals surface area contributed by atoms with E-state index in [0.717, 1.165) is 0 Å². The Morgan fingerprint density at radius 3 is 2.14 bits per heavy atom. The molecule has 0 saturated heterocycles. The first-order chi connectivity index (χ1) is 6.14. The van der Waals surface area contributed by atoms with E-state index >= 15 is 0 Å². The molecule has 2 nitrogen and oxygen atoms in total.